The summed E-state index contributed by atoms with van der Waals surface area (Å²) < 4.78 is 27.9. The molecule has 6 heteroatoms. The third-order valence-corrected chi connectivity index (χ3v) is 5.86. The second kappa shape index (κ2) is 6.72. The maximum Gasteiger partial charge on any atom is 0.213 e. The molecule has 20 heavy (non-hydrogen) atoms. The fourth-order valence-corrected chi connectivity index (χ4v) is 3.97. The van der Waals surface area contributed by atoms with Crippen LogP contribution in [0, 0.1) is 0 Å². The number of rotatable bonds is 6. The number of imidazole rings is 1. The van der Waals surface area contributed by atoms with Crippen molar-refractivity contribution in [3.63, 3.8) is 0 Å². The first-order valence-corrected chi connectivity index (χ1v) is 9.18. The third-order valence-electron chi connectivity index (χ3n) is 4.01. The highest BCUT2D eigenvalue weighted by molar-refractivity contribution is 7.89. The van der Waals surface area contributed by atoms with Gasteiger partial charge in [0.2, 0.25) is 10.0 Å². The lowest BCUT2D eigenvalue weighted by Crippen LogP contribution is -2.40. The standard InChI is InChI=1S/C14H25N3O2S/c1-3-5-9-16-11-8-15-14(16)13-7-6-10-17(12-13)20(18,19)4-2/h8,11,13H,3-7,9-10,12H2,1-2H3/t13-/m1/s1. The SMILES string of the molecule is CCCCn1ccnc1[C@@H]1CCCN(S(=O)(=O)CC)C1. The number of piperidine rings is 1. The average molecular weight is 299 g/mol. The molecule has 1 fully saturated rings. The number of aryl methyl sites for hydroxylation is 1. The molecule has 5 nitrogen and oxygen atoms in total. The van der Waals surface area contributed by atoms with Gasteiger partial charge in [0.1, 0.15) is 5.82 Å². The monoisotopic (exact) mass is 299 g/mol. The molecule has 0 unspecified atom stereocenters. The third kappa shape index (κ3) is 3.41. The van der Waals surface area contributed by atoms with E-state index in [0.29, 0.717) is 13.1 Å². The minimum Gasteiger partial charge on any atom is -0.335 e. The summed E-state index contributed by atoms with van der Waals surface area (Å²) in [5, 5.41) is 0. The number of nitrogens with zero attached hydrogens (tertiary/aromatic N) is 3. The molecule has 2 rings (SSSR count). The highest BCUT2D eigenvalue weighted by atomic mass is 32.2. The fourth-order valence-electron chi connectivity index (χ4n) is 2.79. The molecule has 0 spiro atoms. The molecule has 0 aliphatic carbocycles. The molecule has 1 aliphatic heterocycles. The molecule has 0 bridgehead atoms. The maximum atomic E-state index is 12.0. The Labute approximate surface area is 122 Å². The van der Waals surface area contributed by atoms with Crippen LogP contribution in [0.25, 0.3) is 0 Å². The summed E-state index contributed by atoms with van der Waals surface area (Å²) in [5.41, 5.74) is 0. The van der Waals surface area contributed by atoms with E-state index in [1.807, 2.05) is 12.4 Å². The van der Waals surface area contributed by atoms with Crippen LogP contribution in [0.15, 0.2) is 12.4 Å². The quantitative estimate of drug-likeness (QED) is 0.809. The normalized spacial score (nSPS) is 21.2. The van der Waals surface area contributed by atoms with Crippen molar-refractivity contribution in [2.45, 2.75) is 52.0 Å². The van der Waals surface area contributed by atoms with Gasteiger partial charge in [-0.2, -0.15) is 0 Å². The second-order valence-electron chi connectivity index (χ2n) is 5.43. The predicted octanol–water partition coefficient (Wildman–Crippen LogP) is 2.21. The van der Waals surface area contributed by atoms with Crippen molar-refractivity contribution >= 4 is 10.0 Å². The zero-order valence-electron chi connectivity index (χ0n) is 12.5. The number of unbranched alkanes of at least 4 members (excludes halogenated alkanes) is 1. The molecule has 1 aromatic rings. The van der Waals surface area contributed by atoms with Gasteiger partial charge in [0.25, 0.3) is 0 Å². The van der Waals surface area contributed by atoms with E-state index in [1.165, 1.54) is 0 Å². The predicted molar refractivity (Wildman–Crippen MR) is 80.1 cm³/mol. The van der Waals surface area contributed by atoms with E-state index >= 15 is 0 Å². The van der Waals surface area contributed by atoms with Gasteiger partial charge in [-0.1, -0.05) is 13.3 Å². The highest BCUT2D eigenvalue weighted by Gasteiger charge is 2.30. The summed E-state index contributed by atoms with van der Waals surface area (Å²) in [7, 11) is -3.08. The average Bonchev–Trinajstić information content (AvgIpc) is 2.93. The van der Waals surface area contributed by atoms with E-state index in [1.54, 1.807) is 11.2 Å². The van der Waals surface area contributed by atoms with Gasteiger partial charge < -0.3 is 4.57 Å². The van der Waals surface area contributed by atoms with Crippen LogP contribution in [0.3, 0.4) is 0 Å². The van der Waals surface area contributed by atoms with Crippen molar-refractivity contribution in [2.24, 2.45) is 0 Å². The number of aromatic nitrogens is 2. The van der Waals surface area contributed by atoms with Crippen molar-refractivity contribution in [1.29, 1.82) is 0 Å². The fraction of sp³-hybridized carbons (Fsp3) is 0.786. The molecule has 1 aromatic heterocycles. The maximum absolute atomic E-state index is 12.0. The Morgan fingerprint density at radius 3 is 2.90 bits per heavy atom. The summed E-state index contributed by atoms with van der Waals surface area (Å²) in [4.78, 5) is 4.48. The van der Waals surface area contributed by atoms with E-state index in [-0.39, 0.29) is 11.7 Å². The van der Waals surface area contributed by atoms with Crippen molar-refractivity contribution in [2.75, 3.05) is 18.8 Å². The summed E-state index contributed by atoms with van der Waals surface area (Å²) >= 11 is 0. The Kier molecular flexibility index (Phi) is 5.21. The van der Waals surface area contributed by atoms with Crippen molar-refractivity contribution in [1.82, 2.24) is 13.9 Å². The number of hydrogen-bond donors (Lipinski definition) is 0. The molecule has 1 atom stereocenters. The van der Waals surface area contributed by atoms with Crippen LogP contribution < -0.4 is 0 Å². The van der Waals surface area contributed by atoms with Gasteiger partial charge in [0.05, 0.1) is 5.75 Å². The Hall–Kier alpha value is -0.880. The van der Waals surface area contributed by atoms with Gasteiger partial charge >= 0.3 is 0 Å². The van der Waals surface area contributed by atoms with Gasteiger partial charge in [0, 0.05) is 37.9 Å². The zero-order chi connectivity index (χ0) is 14.6. The van der Waals surface area contributed by atoms with Gasteiger partial charge in [-0.05, 0) is 26.2 Å². The topological polar surface area (TPSA) is 55.2 Å². The molecule has 114 valence electrons. The first-order valence-electron chi connectivity index (χ1n) is 7.57. The Balaban J connectivity index is 2.11. The van der Waals surface area contributed by atoms with E-state index in [9.17, 15) is 8.42 Å². The van der Waals surface area contributed by atoms with Crippen LogP contribution in [0.5, 0.6) is 0 Å². The first kappa shape index (κ1) is 15.5. The number of hydrogen-bond acceptors (Lipinski definition) is 3. The molecule has 1 saturated heterocycles. The van der Waals surface area contributed by atoms with Gasteiger partial charge in [-0.3, -0.25) is 0 Å². The van der Waals surface area contributed by atoms with Crippen LogP contribution in [0.2, 0.25) is 0 Å². The van der Waals surface area contributed by atoms with Crippen molar-refractivity contribution in [3.8, 4) is 0 Å². The second-order valence-corrected chi connectivity index (χ2v) is 7.69. The molecular formula is C14H25N3O2S. The smallest absolute Gasteiger partial charge is 0.213 e. The Morgan fingerprint density at radius 1 is 1.40 bits per heavy atom. The van der Waals surface area contributed by atoms with Crippen LogP contribution in [-0.4, -0.2) is 41.1 Å². The molecule has 0 radical (unpaired) electrons. The van der Waals surface area contributed by atoms with Gasteiger partial charge in [0.15, 0.2) is 0 Å². The van der Waals surface area contributed by atoms with Crippen molar-refractivity contribution < 1.29 is 8.42 Å². The molecule has 1 aliphatic rings. The lowest BCUT2D eigenvalue weighted by Gasteiger charge is -2.31. The molecular weight excluding hydrogens is 274 g/mol. The summed E-state index contributed by atoms with van der Waals surface area (Å²) in [6, 6.07) is 0. The molecule has 0 N–H and O–H groups in total. The van der Waals surface area contributed by atoms with E-state index in [0.717, 1.165) is 38.1 Å². The van der Waals surface area contributed by atoms with Gasteiger partial charge in [-0.25, -0.2) is 17.7 Å². The zero-order valence-corrected chi connectivity index (χ0v) is 13.3. The van der Waals surface area contributed by atoms with Crippen LogP contribution in [0.4, 0.5) is 0 Å². The van der Waals surface area contributed by atoms with E-state index in [2.05, 4.69) is 16.5 Å². The van der Waals surface area contributed by atoms with Gasteiger partial charge in [-0.15, -0.1) is 0 Å². The summed E-state index contributed by atoms with van der Waals surface area (Å²) in [6.45, 7) is 6.10. The summed E-state index contributed by atoms with van der Waals surface area (Å²) in [5.74, 6) is 1.47. The van der Waals surface area contributed by atoms with Crippen LogP contribution >= 0.6 is 0 Å². The largest absolute Gasteiger partial charge is 0.335 e. The lowest BCUT2D eigenvalue weighted by molar-refractivity contribution is 0.304. The van der Waals surface area contributed by atoms with Crippen molar-refractivity contribution in [3.05, 3.63) is 18.2 Å². The number of sulfonamides is 1. The molecule has 0 saturated carbocycles. The van der Waals surface area contributed by atoms with Crippen LogP contribution in [-0.2, 0) is 16.6 Å². The van der Waals surface area contributed by atoms with E-state index < -0.39 is 10.0 Å². The lowest BCUT2D eigenvalue weighted by atomic mass is 9.99. The summed E-state index contributed by atoms with van der Waals surface area (Å²) in [6.07, 6.45) is 8.08. The minimum atomic E-state index is -3.08. The minimum absolute atomic E-state index is 0.185. The van der Waals surface area contributed by atoms with E-state index in [4.69, 9.17) is 0 Å². The molecule has 0 amide bonds. The molecule has 0 aromatic carbocycles. The van der Waals surface area contributed by atoms with Crippen LogP contribution in [0.1, 0.15) is 51.3 Å². The molecule has 2 heterocycles. The first-order chi connectivity index (χ1) is 9.58. The highest BCUT2D eigenvalue weighted by Crippen LogP contribution is 2.27. The Bertz CT molecular complexity index is 524. The Morgan fingerprint density at radius 2 is 2.20 bits per heavy atom.